The summed E-state index contributed by atoms with van der Waals surface area (Å²) in [6.45, 7) is 6.26. The van der Waals surface area contributed by atoms with Gasteiger partial charge in [-0.15, -0.1) is 0 Å². The number of rotatable bonds is 1. The molecule has 8 heteroatoms. The minimum Gasteiger partial charge on any atom is -0.467 e. The number of hydrogen-bond acceptors (Lipinski definition) is 6. The molecule has 0 saturated heterocycles. The van der Waals surface area contributed by atoms with Gasteiger partial charge in [0.25, 0.3) is 0 Å². The summed E-state index contributed by atoms with van der Waals surface area (Å²) in [5.74, 6) is 1.05. The van der Waals surface area contributed by atoms with Crippen LogP contribution in [0.3, 0.4) is 0 Å². The van der Waals surface area contributed by atoms with Crippen LogP contribution in [0, 0.1) is 13.8 Å². The zero-order chi connectivity index (χ0) is 24.6. The molecule has 4 aromatic rings. The Morgan fingerprint density at radius 3 is 2.75 bits per heavy atom. The first kappa shape index (κ1) is 22.3. The van der Waals surface area contributed by atoms with Gasteiger partial charge in [-0.2, -0.15) is 10.1 Å². The smallest absolute Gasteiger partial charge is 0.226 e. The Morgan fingerprint density at radius 2 is 1.89 bits per heavy atom. The number of anilines is 1. The third-order valence-corrected chi connectivity index (χ3v) is 6.90. The highest BCUT2D eigenvalue weighted by molar-refractivity contribution is 5.76. The van der Waals surface area contributed by atoms with Crippen molar-refractivity contribution in [2.45, 2.75) is 46.0 Å². The Kier molecular flexibility index (Phi) is 5.64. The maximum atomic E-state index is 13.2. The van der Waals surface area contributed by atoms with Gasteiger partial charge in [0, 0.05) is 49.4 Å². The standard InChI is InChI=1S/C28H28N6O2/c1-18-6-5-7-19(2)27(18)23-12-25-32-28(31-23)29-13-20-14-30-34(15-20)11-10-26(35)33-16-21-8-3-4-9-22(21)24(17-33)36-25/h3-9,12,14-15,24H,10-11,13,16-17H2,1-2H3,(H,29,31,32). The molecule has 2 aliphatic rings. The summed E-state index contributed by atoms with van der Waals surface area (Å²) >= 11 is 0. The van der Waals surface area contributed by atoms with Gasteiger partial charge < -0.3 is 15.0 Å². The largest absolute Gasteiger partial charge is 0.467 e. The molecule has 0 saturated carbocycles. The zero-order valence-electron chi connectivity index (χ0n) is 20.4. The van der Waals surface area contributed by atoms with E-state index in [1.165, 1.54) is 0 Å². The number of aryl methyl sites for hydroxylation is 3. The van der Waals surface area contributed by atoms with Crippen LogP contribution >= 0.6 is 0 Å². The number of ether oxygens (including phenoxy) is 1. The SMILES string of the molecule is Cc1cccc(C)c1-c1cc2nc(n1)NCc1cnn(c1)CCC(=O)N1Cc3ccccc3C(C1)O2. The number of carbonyl (C=O) groups excluding carboxylic acids is 1. The fraction of sp³-hybridized carbons (Fsp3) is 0.286. The number of aromatic nitrogens is 4. The summed E-state index contributed by atoms with van der Waals surface area (Å²) in [4.78, 5) is 24.6. The van der Waals surface area contributed by atoms with Crippen molar-refractivity contribution in [1.82, 2.24) is 24.6 Å². The van der Waals surface area contributed by atoms with Crippen molar-refractivity contribution >= 4 is 11.9 Å². The van der Waals surface area contributed by atoms with Crippen molar-refractivity contribution in [1.29, 1.82) is 0 Å². The summed E-state index contributed by atoms with van der Waals surface area (Å²) in [5.41, 5.74) is 7.32. The van der Waals surface area contributed by atoms with E-state index in [1.807, 2.05) is 40.2 Å². The van der Waals surface area contributed by atoms with Crippen LogP contribution < -0.4 is 10.1 Å². The van der Waals surface area contributed by atoms with E-state index in [1.54, 1.807) is 0 Å². The normalized spacial score (nSPS) is 17.3. The molecular formula is C28H28N6O2. The summed E-state index contributed by atoms with van der Waals surface area (Å²) < 4.78 is 8.36. The zero-order valence-corrected chi connectivity index (χ0v) is 20.4. The third-order valence-electron chi connectivity index (χ3n) is 6.90. The van der Waals surface area contributed by atoms with E-state index >= 15 is 0 Å². The quantitative estimate of drug-likeness (QED) is 0.434. The lowest BCUT2D eigenvalue weighted by molar-refractivity contribution is -0.134. The van der Waals surface area contributed by atoms with E-state index < -0.39 is 0 Å². The molecule has 0 radical (unpaired) electrons. The highest BCUT2D eigenvalue weighted by Crippen LogP contribution is 2.34. The molecule has 2 aromatic carbocycles. The van der Waals surface area contributed by atoms with Gasteiger partial charge in [0.1, 0.15) is 6.10 Å². The Hall–Kier alpha value is -4.20. The summed E-state index contributed by atoms with van der Waals surface area (Å²) in [6, 6.07) is 16.3. The summed E-state index contributed by atoms with van der Waals surface area (Å²) in [6.07, 6.45) is 3.83. The van der Waals surface area contributed by atoms with E-state index in [9.17, 15) is 4.79 Å². The van der Waals surface area contributed by atoms with Gasteiger partial charge in [-0.1, -0.05) is 42.5 Å². The van der Waals surface area contributed by atoms with E-state index in [0.29, 0.717) is 44.4 Å². The number of fused-ring (bicyclic) bond motifs is 8. The topological polar surface area (TPSA) is 85.2 Å². The second-order valence-corrected chi connectivity index (χ2v) is 9.48. The van der Waals surface area contributed by atoms with E-state index in [-0.39, 0.29) is 12.0 Å². The second kappa shape index (κ2) is 9.11. The van der Waals surface area contributed by atoms with Crippen LogP contribution in [0.1, 0.15) is 40.3 Å². The average Bonchev–Trinajstić information content (AvgIpc) is 3.33. The first-order valence-corrected chi connectivity index (χ1v) is 12.3. The molecule has 0 fully saturated rings. The van der Waals surface area contributed by atoms with Crippen LogP contribution in [0.25, 0.3) is 11.3 Å². The first-order chi connectivity index (χ1) is 17.5. The van der Waals surface area contributed by atoms with Gasteiger partial charge >= 0.3 is 0 Å². The average molecular weight is 481 g/mol. The van der Waals surface area contributed by atoms with Gasteiger partial charge in [0.2, 0.25) is 17.7 Å². The summed E-state index contributed by atoms with van der Waals surface area (Å²) in [5, 5.41) is 7.79. The maximum absolute atomic E-state index is 13.2. The molecule has 1 unspecified atom stereocenters. The van der Waals surface area contributed by atoms with Gasteiger partial charge in [-0.25, -0.2) is 4.98 Å². The molecule has 0 spiro atoms. The number of amides is 1. The van der Waals surface area contributed by atoms with Crippen molar-refractivity contribution < 1.29 is 9.53 Å². The molecule has 0 aliphatic carbocycles. The van der Waals surface area contributed by atoms with E-state index in [2.05, 4.69) is 54.6 Å². The predicted octanol–water partition coefficient (Wildman–Crippen LogP) is 4.44. The van der Waals surface area contributed by atoms with Crippen molar-refractivity contribution in [3.8, 4) is 17.1 Å². The van der Waals surface area contributed by atoms with Crippen LogP contribution in [0.2, 0.25) is 0 Å². The number of nitrogens with zero attached hydrogens (tertiary/aromatic N) is 5. The van der Waals surface area contributed by atoms with Crippen molar-refractivity contribution in [3.05, 3.63) is 88.7 Å². The molecule has 182 valence electrons. The van der Waals surface area contributed by atoms with Crippen LogP contribution in [0.15, 0.2) is 60.9 Å². The third kappa shape index (κ3) is 4.30. The highest BCUT2D eigenvalue weighted by atomic mass is 16.5. The molecule has 6 rings (SSSR count). The van der Waals surface area contributed by atoms with E-state index in [4.69, 9.17) is 14.7 Å². The molecule has 1 N–H and O–H groups in total. The van der Waals surface area contributed by atoms with Gasteiger partial charge in [0.05, 0.1) is 18.4 Å². The minimum atomic E-state index is -0.326. The minimum absolute atomic E-state index is 0.0859. The Balaban J connectivity index is 1.46. The number of hydrogen-bond donors (Lipinski definition) is 1. The van der Waals surface area contributed by atoms with Crippen LogP contribution in [0.4, 0.5) is 5.95 Å². The molecule has 1 amide bonds. The van der Waals surface area contributed by atoms with Crippen molar-refractivity contribution in [3.63, 3.8) is 0 Å². The second-order valence-electron chi connectivity index (χ2n) is 9.48. The molecule has 2 aliphatic heterocycles. The molecule has 36 heavy (non-hydrogen) atoms. The number of benzene rings is 2. The Labute approximate surface area is 210 Å². The Bertz CT molecular complexity index is 1430. The van der Waals surface area contributed by atoms with E-state index in [0.717, 1.165) is 39.1 Å². The van der Waals surface area contributed by atoms with Crippen LogP contribution in [-0.4, -0.2) is 37.1 Å². The monoisotopic (exact) mass is 480 g/mol. The molecule has 2 aromatic heterocycles. The highest BCUT2D eigenvalue weighted by Gasteiger charge is 2.30. The first-order valence-electron chi connectivity index (χ1n) is 12.3. The summed E-state index contributed by atoms with van der Waals surface area (Å²) in [7, 11) is 0. The maximum Gasteiger partial charge on any atom is 0.226 e. The van der Waals surface area contributed by atoms with Gasteiger partial charge in [-0.3, -0.25) is 9.48 Å². The lowest BCUT2D eigenvalue weighted by atomic mass is 9.97. The lowest BCUT2D eigenvalue weighted by Gasteiger charge is -2.34. The molecule has 6 bridgehead atoms. The predicted molar refractivity (Wildman–Crippen MR) is 136 cm³/mol. The molecular weight excluding hydrogens is 452 g/mol. The lowest BCUT2D eigenvalue weighted by Crippen LogP contribution is -2.40. The van der Waals surface area contributed by atoms with Crippen LogP contribution in [0.5, 0.6) is 5.88 Å². The molecule has 4 heterocycles. The van der Waals surface area contributed by atoms with Crippen molar-refractivity contribution in [2.75, 3.05) is 11.9 Å². The Morgan fingerprint density at radius 1 is 1.06 bits per heavy atom. The van der Waals surface area contributed by atoms with Gasteiger partial charge in [0.15, 0.2) is 0 Å². The fourth-order valence-corrected chi connectivity index (χ4v) is 5.08. The molecule has 1 atom stereocenters. The number of nitrogens with one attached hydrogen (secondary N) is 1. The molecule has 8 nitrogen and oxygen atoms in total. The van der Waals surface area contributed by atoms with Crippen molar-refractivity contribution in [2.24, 2.45) is 0 Å². The van der Waals surface area contributed by atoms with Gasteiger partial charge in [-0.05, 0) is 36.1 Å². The van der Waals surface area contributed by atoms with Crippen LogP contribution in [-0.2, 0) is 24.4 Å². The number of carbonyl (C=O) groups is 1. The fourth-order valence-electron chi connectivity index (χ4n) is 5.08.